The van der Waals surface area contributed by atoms with Gasteiger partial charge >= 0.3 is 0 Å². The molecule has 0 saturated carbocycles. The number of carbonyl (C=O) groups excluding carboxylic acids is 1. The van der Waals surface area contributed by atoms with E-state index in [1.165, 1.54) is 0 Å². The molecule has 1 fully saturated rings. The van der Waals surface area contributed by atoms with Gasteiger partial charge in [-0.2, -0.15) is 0 Å². The first-order valence-corrected chi connectivity index (χ1v) is 10.2. The Morgan fingerprint density at radius 3 is 2.66 bits per heavy atom. The molecule has 3 aromatic carbocycles. The van der Waals surface area contributed by atoms with Gasteiger partial charge in [-0.05, 0) is 45.7 Å². The Bertz CT molecular complexity index is 1130. The molecule has 5 rings (SSSR count). The molecule has 0 unspecified atom stereocenters. The van der Waals surface area contributed by atoms with Gasteiger partial charge in [0, 0.05) is 35.9 Å². The molecular formula is C24H21ClN2O2. The first kappa shape index (κ1) is 18.4. The molecule has 1 aliphatic carbocycles. The van der Waals surface area contributed by atoms with Crippen LogP contribution in [-0.4, -0.2) is 37.1 Å². The van der Waals surface area contributed by atoms with E-state index < -0.39 is 0 Å². The highest BCUT2D eigenvalue weighted by Gasteiger charge is 2.22. The number of hydrogen-bond donors (Lipinski definition) is 1. The number of hydrogen-bond acceptors (Lipinski definition) is 3. The predicted octanol–water partition coefficient (Wildman–Crippen LogP) is 4.82. The Kier molecular flexibility index (Phi) is 4.84. The van der Waals surface area contributed by atoms with Gasteiger partial charge in [-0.1, -0.05) is 54.1 Å². The molecule has 0 bridgehead atoms. The molecule has 0 spiro atoms. The molecular weight excluding hydrogens is 384 g/mol. The Hall–Kier alpha value is -2.66. The van der Waals surface area contributed by atoms with Crippen LogP contribution in [0.2, 0.25) is 5.02 Å². The van der Waals surface area contributed by atoms with Gasteiger partial charge in [-0.15, -0.1) is 0 Å². The van der Waals surface area contributed by atoms with Crippen LogP contribution in [0.15, 0.2) is 54.6 Å². The lowest BCUT2D eigenvalue weighted by Gasteiger charge is -2.27. The van der Waals surface area contributed by atoms with Crippen molar-refractivity contribution in [1.29, 1.82) is 0 Å². The number of ether oxygens (including phenoxy) is 1. The van der Waals surface area contributed by atoms with Gasteiger partial charge in [-0.25, -0.2) is 0 Å². The minimum absolute atomic E-state index is 0.120. The number of halogens is 1. The highest BCUT2D eigenvalue weighted by atomic mass is 35.5. The lowest BCUT2D eigenvalue weighted by molar-refractivity contribution is -0.111. The minimum Gasteiger partial charge on any atom is -0.379 e. The lowest BCUT2D eigenvalue weighted by atomic mass is 10.0. The van der Waals surface area contributed by atoms with Crippen molar-refractivity contribution >= 4 is 45.6 Å². The second-order valence-electron chi connectivity index (χ2n) is 7.46. The number of nitrogens with zero attached hydrogens (tertiary/aromatic N) is 1. The number of nitrogens with one attached hydrogen (secondary N) is 1. The fourth-order valence-corrected chi connectivity index (χ4v) is 4.33. The van der Waals surface area contributed by atoms with Crippen LogP contribution in [0.25, 0.3) is 22.4 Å². The number of benzene rings is 3. The summed E-state index contributed by atoms with van der Waals surface area (Å²) in [5, 5.41) is 5.96. The second kappa shape index (κ2) is 7.64. The van der Waals surface area contributed by atoms with Gasteiger partial charge in [0.05, 0.1) is 13.2 Å². The molecule has 0 aromatic heterocycles. The third-order valence-corrected chi connectivity index (χ3v) is 5.93. The fourth-order valence-electron chi connectivity index (χ4n) is 4.09. The van der Waals surface area contributed by atoms with Crippen LogP contribution in [0.5, 0.6) is 0 Å². The SMILES string of the molecule is O=C(Nc1ccc(CN2CCOCC2)c(Cl)c1)C1=Cc2cccc3cccc1c23. The average Bonchev–Trinajstić information content (AvgIpc) is 3.12. The summed E-state index contributed by atoms with van der Waals surface area (Å²) in [7, 11) is 0. The molecule has 4 nitrogen and oxygen atoms in total. The molecule has 1 aliphatic heterocycles. The lowest BCUT2D eigenvalue weighted by Crippen LogP contribution is -2.35. The number of carbonyl (C=O) groups is 1. The normalized spacial score (nSPS) is 16.1. The fraction of sp³-hybridized carbons (Fsp3) is 0.208. The summed E-state index contributed by atoms with van der Waals surface area (Å²) in [5.41, 5.74) is 4.51. The maximum absolute atomic E-state index is 13.0. The summed E-state index contributed by atoms with van der Waals surface area (Å²) in [6.45, 7) is 4.13. The van der Waals surface area contributed by atoms with Gasteiger partial charge in [-0.3, -0.25) is 9.69 Å². The van der Waals surface area contributed by atoms with E-state index in [4.69, 9.17) is 16.3 Å². The Morgan fingerprint density at radius 2 is 1.86 bits per heavy atom. The standard InChI is InChI=1S/C24H21ClN2O2/c25-22-14-19(8-7-18(22)15-27-9-11-29-12-10-27)26-24(28)21-13-17-5-1-3-16-4-2-6-20(21)23(16)17/h1-8,13-14H,9-12,15H2,(H,26,28). The van der Waals surface area contributed by atoms with Crippen molar-refractivity contribution in [3.05, 3.63) is 76.3 Å². The number of anilines is 1. The van der Waals surface area contributed by atoms with Crippen LogP contribution in [0.1, 0.15) is 16.7 Å². The summed E-state index contributed by atoms with van der Waals surface area (Å²) >= 11 is 6.51. The molecule has 5 heteroatoms. The van der Waals surface area contributed by atoms with E-state index >= 15 is 0 Å². The molecule has 0 radical (unpaired) electrons. The Labute approximate surface area is 174 Å². The monoisotopic (exact) mass is 404 g/mol. The number of amides is 1. The molecule has 2 aliphatic rings. The van der Waals surface area contributed by atoms with Crippen LogP contribution >= 0.6 is 11.6 Å². The predicted molar refractivity (Wildman–Crippen MR) is 118 cm³/mol. The number of morpholine rings is 1. The van der Waals surface area contributed by atoms with Gasteiger partial charge < -0.3 is 10.1 Å². The molecule has 1 heterocycles. The minimum atomic E-state index is -0.120. The van der Waals surface area contributed by atoms with Crippen molar-refractivity contribution in [3.8, 4) is 0 Å². The van der Waals surface area contributed by atoms with Gasteiger partial charge in [0.1, 0.15) is 0 Å². The number of rotatable bonds is 4. The zero-order valence-corrected chi connectivity index (χ0v) is 16.7. The van der Waals surface area contributed by atoms with Crippen LogP contribution in [0, 0.1) is 0 Å². The molecule has 3 aromatic rings. The van der Waals surface area contributed by atoms with E-state index in [1.54, 1.807) is 0 Å². The smallest absolute Gasteiger partial charge is 0.256 e. The zero-order valence-electron chi connectivity index (χ0n) is 16.0. The highest BCUT2D eigenvalue weighted by Crippen LogP contribution is 2.37. The maximum atomic E-state index is 13.0. The van der Waals surface area contributed by atoms with E-state index in [-0.39, 0.29) is 5.91 Å². The van der Waals surface area contributed by atoms with Crippen LogP contribution in [-0.2, 0) is 16.1 Å². The van der Waals surface area contributed by atoms with Crippen LogP contribution in [0.4, 0.5) is 5.69 Å². The largest absolute Gasteiger partial charge is 0.379 e. The van der Waals surface area contributed by atoms with Gasteiger partial charge in [0.2, 0.25) is 0 Å². The summed E-state index contributed by atoms with van der Waals surface area (Å²) in [5.74, 6) is -0.120. The van der Waals surface area contributed by atoms with Crippen molar-refractivity contribution in [1.82, 2.24) is 4.90 Å². The summed E-state index contributed by atoms with van der Waals surface area (Å²) in [6, 6.07) is 17.9. The maximum Gasteiger partial charge on any atom is 0.256 e. The van der Waals surface area contributed by atoms with Crippen LogP contribution < -0.4 is 5.32 Å². The molecule has 29 heavy (non-hydrogen) atoms. The Morgan fingerprint density at radius 1 is 1.07 bits per heavy atom. The average molecular weight is 405 g/mol. The first-order chi connectivity index (χ1) is 14.2. The van der Waals surface area contributed by atoms with Gasteiger partial charge in [0.15, 0.2) is 0 Å². The van der Waals surface area contributed by atoms with E-state index in [0.29, 0.717) is 16.3 Å². The third kappa shape index (κ3) is 3.55. The molecule has 1 saturated heterocycles. The van der Waals surface area contributed by atoms with Crippen molar-refractivity contribution < 1.29 is 9.53 Å². The highest BCUT2D eigenvalue weighted by molar-refractivity contribution is 6.35. The molecule has 1 amide bonds. The summed E-state index contributed by atoms with van der Waals surface area (Å²) in [4.78, 5) is 15.3. The van der Waals surface area contributed by atoms with E-state index in [2.05, 4.69) is 22.3 Å². The molecule has 0 atom stereocenters. The topological polar surface area (TPSA) is 41.6 Å². The Balaban J connectivity index is 1.34. The second-order valence-corrected chi connectivity index (χ2v) is 7.86. The summed E-state index contributed by atoms with van der Waals surface area (Å²) < 4.78 is 5.40. The van der Waals surface area contributed by atoms with Crippen molar-refractivity contribution in [2.75, 3.05) is 31.6 Å². The zero-order chi connectivity index (χ0) is 19.8. The summed E-state index contributed by atoms with van der Waals surface area (Å²) in [6.07, 6.45) is 1.96. The van der Waals surface area contributed by atoms with Crippen molar-refractivity contribution in [2.24, 2.45) is 0 Å². The van der Waals surface area contributed by atoms with E-state index in [0.717, 1.165) is 60.3 Å². The molecule has 146 valence electrons. The third-order valence-electron chi connectivity index (χ3n) is 5.58. The van der Waals surface area contributed by atoms with E-state index in [1.807, 2.05) is 48.5 Å². The van der Waals surface area contributed by atoms with Crippen LogP contribution in [0.3, 0.4) is 0 Å². The quantitative estimate of drug-likeness (QED) is 0.678. The van der Waals surface area contributed by atoms with E-state index in [9.17, 15) is 4.79 Å². The first-order valence-electron chi connectivity index (χ1n) is 9.83. The van der Waals surface area contributed by atoms with Crippen molar-refractivity contribution in [3.63, 3.8) is 0 Å². The molecule has 1 N–H and O–H groups in total. The van der Waals surface area contributed by atoms with Gasteiger partial charge in [0.25, 0.3) is 5.91 Å². The van der Waals surface area contributed by atoms with Crippen molar-refractivity contribution in [2.45, 2.75) is 6.54 Å².